The zero-order chi connectivity index (χ0) is 13.2. The van der Waals surface area contributed by atoms with E-state index in [4.69, 9.17) is 4.42 Å². The fraction of sp³-hybridized carbons (Fsp3) is 0.188. The summed E-state index contributed by atoms with van der Waals surface area (Å²) in [4.78, 5) is 4.55. The van der Waals surface area contributed by atoms with Crippen LogP contribution in [0.4, 0.5) is 5.82 Å². The summed E-state index contributed by atoms with van der Waals surface area (Å²) in [5, 5.41) is 4.33. The van der Waals surface area contributed by atoms with Crippen LogP contribution in [0.5, 0.6) is 0 Å². The summed E-state index contributed by atoms with van der Waals surface area (Å²) < 4.78 is 5.93. The standard InChI is InChI=1S/C16H16N2O/c1-3-17-15-9-5-8-13(18-15)14-10-12-7-4-6-11(2)16(12)19-14/h4-10H,3H2,1-2H3,(H,17,18). The molecule has 0 spiro atoms. The van der Waals surface area contributed by atoms with Crippen molar-refractivity contribution in [2.75, 3.05) is 11.9 Å². The zero-order valence-electron chi connectivity index (χ0n) is 11.1. The highest BCUT2D eigenvalue weighted by Crippen LogP contribution is 2.29. The first-order chi connectivity index (χ1) is 9.28. The van der Waals surface area contributed by atoms with E-state index >= 15 is 0 Å². The summed E-state index contributed by atoms with van der Waals surface area (Å²) in [7, 11) is 0. The molecule has 0 saturated heterocycles. The van der Waals surface area contributed by atoms with Crippen LogP contribution in [-0.2, 0) is 0 Å². The fourth-order valence-corrected chi connectivity index (χ4v) is 2.19. The summed E-state index contributed by atoms with van der Waals surface area (Å²) in [5.74, 6) is 1.68. The van der Waals surface area contributed by atoms with Gasteiger partial charge in [0.2, 0.25) is 0 Å². The summed E-state index contributed by atoms with van der Waals surface area (Å²) in [5.41, 5.74) is 2.94. The maximum atomic E-state index is 5.93. The van der Waals surface area contributed by atoms with Gasteiger partial charge in [0, 0.05) is 11.9 Å². The topological polar surface area (TPSA) is 38.1 Å². The SMILES string of the molecule is CCNc1cccc(-c2cc3cccc(C)c3o2)n1. The molecule has 19 heavy (non-hydrogen) atoms. The molecule has 0 atom stereocenters. The van der Waals surface area contributed by atoms with Gasteiger partial charge in [0.15, 0.2) is 5.76 Å². The molecule has 2 heterocycles. The maximum Gasteiger partial charge on any atom is 0.153 e. The molecule has 0 aliphatic carbocycles. The van der Waals surface area contributed by atoms with Crippen LogP contribution >= 0.6 is 0 Å². The monoisotopic (exact) mass is 252 g/mol. The largest absolute Gasteiger partial charge is 0.454 e. The van der Waals surface area contributed by atoms with Crippen LogP contribution in [0.2, 0.25) is 0 Å². The van der Waals surface area contributed by atoms with E-state index < -0.39 is 0 Å². The van der Waals surface area contributed by atoms with Crippen molar-refractivity contribution in [2.24, 2.45) is 0 Å². The Morgan fingerprint density at radius 1 is 1.16 bits per heavy atom. The molecule has 3 heteroatoms. The number of fused-ring (bicyclic) bond motifs is 1. The van der Waals surface area contributed by atoms with Gasteiger partial charge in [0.1, 0.15) is 17.1 Å². The number of furan rings is 1. The van der Waals surface area contributed by atoms with Crippen molar-refractivity contribution in [2.45, 2.75) is 13.8 Å². The van der Waals surface area contributed by atoms with Crippen LogP contribution in [0, 0.1) is 6.92 Å². The molecule has 0 aliphatic heterocycles. The molecular weight excluding hydrogens is 236 g/mol. The summed E-state index contributed by atoms with van der Waals surface area (Å²) >= 11 is 0. The van der Waals surface area contributed by atoms with Crippen LogP contribution in [0.3, 0.4) is 0 Å². The van der Waals surface area contributed by atoms with E-state index in [0.717, 1.165) is 40.3 Å². The van der Waals surface area contributed by atoms with Gasteiger partial charge >= 0.3 is 0 Å². The first-order valence-corrected chi connectivity index (χ1v) is 6.48. The normalized spacial score (nSPS) is 10.8. The molecule has 0 amide bonds. The lowest BCUT2D eigenvalue weighted by atomic mass is 10.2. The minimum absolute atomic E-state index is 0.809. The summed E-state index contributed by atoms with van der Waals surface area (Å²) in [6.07, 6.45) is 0. The minimum atomic E-state index is 0.809. The van der Waals surface area contributed by atoms with E-state index in [-0.39, 0.29) is 0 Å². The van der Waals surface area contributed by atoms with Gasteiger partial charge in [-0.05, 0) is 37.6 Å². The second-order valence-electron chi connectivity index (χ2n) is 4.54. The van der Waals surface area contributed by atoms with Gasteiger partial charge < -0.3 is 9.73 Å². The molecule has 3 nitrogen and oxygen atoms in total. The van der Waals surface area contributed by atoms with Crippen LogP contribution in [0.25, 0.3) is 22.4 Å². The Hall–Kier alpha value is -2.29. The average Bonchev–Trinajstić information content (AvgIpc) is 2.85. The maximum absolute atomic E-state index is 5.93. The first kappa shape index (κ1) is 11.8. The van der Waals surface area contributed by atoms with Gasteiger partial charge in [-0.2, -0.15) is 0 Å². The minimum Gasteiger partial charge on any atom is -0.454 e. The van der Waals surface area contributed by atoms with Crippen molar-refractivity contribution < 1.29 is 4.42 Å². The Balaban J connectivity index is 2.08. The quantitative estimate of drug-likeness (QED) is 0.757. The Kier molecular flexibility index (Phi) is 2.95. The van der Waals surface area contributed by atoms with E-state index in [0.29, 0.717) is 0 Å². The van der Waals surface area contributed by atoms with Crippen molar-refractivity contribution in [1.29, 1.82) is 0 Å². The Morgan fingerprint density at radius 3 is 2.79 bits per heavy atom. The number of benzene rings is 1. The Morgan fingerprint density at radius 2 is 2.00 bits per heavy atom. The van der Waals surface area contributed by atoms with Crippen LogP contribution in [-0.4, -0.2) is 11.5 Å². The zero-order valence-corrected chi connectivity index (χ0v) is 11.1. The number of rotatable bonds is 3. The third kappa shape index (κ3) is 2.19. The van der Waals surface area contributed by atoms with Crippen molar-refractivity contribution in [3.63, 3.8) is 0 Å². The molecule has 3 rings (SSSR count). The number of nitrogens with one attached hydrogen (secondary N) is 1. The van der Waals surface area contributed by atoms with Crippen LogP contribution in [0.15, 0.2) is 46.9 Å². The number of aromatic nitrogens is 1. The molecule has 0 bridgehead atoms. The average molecular weight is 252 g/mol. The Bertz CT molecular complexity index is 716. The van der Waals surface area contributed by atoms with E-state index in [2.05, 4.69) is 36.3 Å². The number of hydrogen-bond donors (Lipinski definition) is 1. The third-order valence-electron chi connectivity index (χ3n) is 3.10. The van der Waals surface area contributed by atoms with Gasteiger partial charge in [-0.15, -0.1) is 0 Å². The lowest BCUT2D eigenvalue weighted by Crippen LogP contribution is -1.99. The molecule has 1 aromatic carbocycles. The molecule has 0 radical (unpaired) electrons. The fourth-order valence-electron chi connectivity index (χ4n) is 2.19. The van der Waals surface area contributed by atoms with E-state index in [1.54, 1.807) is 0 Å². The second-order valence-corrected chi connectivity index (χ2v) is 4.54. The molecule has 96 valence electrons. The molecular formula is C16H16N2O. The highest BCUT2D eigenvalue weighted by Gasteiger charge is 2.09. The predicted octanol–water partition coefficient (Wildman–Crippen LogP) is 4.24. The Labute approximate surface area is 112 Å². The van der Waals surface area contributed by atoms with Crippen molar-refractivity contribution in [1.82, 2.24) is 4.98 Å². The van der Waals surface area contributed by atoms with Crippen molar-refractivity contribution >= 4 is 16.8 Å². The van der Waals surface area contributed by atoms with E-state index in [1.165, 1.54) is 0 Å². The molecule has 0 fully saturated rings. The molecule has 1 N–H and O–H groups in total. The molecule has 0 saturated carbocycles. The number of aryl methyl sites for hydroxylation is 1. The number of para-hydroxylation sites is 1. The molecule has 0 unspecified atom stereocenters. The lowest BCUT2D eigenvalue weighted by molar-refractivity contribution is 0.626. The highest BCUT2D eigenvalue weighted by molar-refractivity contribution is 5.84. The van der Waals surface area contributed by atoms with Crippen LogP contribution in [0.1, 0.15) is 12.5 Å². The molecule has 3 aromatic rings. The molecule has 0 aliphatic rings. The lowest BCUT2D eigenvalue weighted by Gasteiger charge is -2.03. The third-order valence-corrected chi connectivity index (χ3v) is 3.10. The smallest absolute Gasteiger partial charge is 0.153 e. The van der Waals surface area contributed by atoms with Crippen molar-refractivity contribution in [3.8, 4) is 11.5 Å². The van der Waals surface area contributed by atoms with Crippen molar-refractivity contribution in [3.05, 3.63) is 48.0 Å². The van der Waals surface area contributed by atoms with Gasteiger partial charge in [-0.25, -0.2) is 4.98 Å². The van der Waals surface area contributed by atoms with Gasteiger partial charge in [-0.3, -0.25) is 0 Å². The number of anilines is 1. The number of pyridine rings is 1. The van der Waals surface area contributed by atoms with Gasteiger partial charge in [-0.1, -0.05) is 24.3 Å². The first-order valence-electron chi connectivity index (χ1n) is 6.48. The van der Waals surface area contributed by atoms with E-state index in [1.807, 2.05) is 30.3 Å². The summed E-state index contributed by atoms with van der Waals surface area (Å²) in [6.45, 7) is 4.96. The second kappa shape index (κ2) is 4.76. The number of hydrogen-bond acceptors (Lipinski definition) is 3. The van der Waals surface area contributed by atoms with E-state index in [9.17, 15) is 0 Å². The van der Waals surface area contributed by atoms with Gasteiger partial charge in [0.05, 0.1) is 0 Å². The highest BCUT2D eigenvalue weighted by atomic mass is 16.3. The van der Waals surface area contributed by atoms with Crippen LogP contribution < -0.4 is 5.32 Å². The predicted molar refractivity (Wildman–Crippen MR) is 78.3 cm³/mol. The number of nitrogens with zero attached hydrogens (tertiary/aromatic N) is 1. The summed E-state index contributed by atoms with van der Waals surface area (Å²) in [6, 6.07) is 14.1. The van der Waals surface area contributed by atoms with Gasteiger partial charge in [0.25, 0.3) is 0 Å². The molecule has 2 aromatic heterocycles.